The molecule has 0 radical (unpaired) electrons. The van der Waals surface area contributed by atoms with Gasteiger partial charge in [-0.25, -0.2) is 4.79 Å². The third-order valence-corrected chi connectivity index (χ3v) is 0.500. The van der Waals surface area contributed by atoms with Crippen LogP contribution in [0.4, 0.5) is 0 Å². The number of hydrogen-bond donors (Lipinski definition) is 3. The normalized spacial score (nSPS) is 7.36. The molecule has 0 aliphatic heterocycles. The summed E-state index contributed by atoms with van der Waals surface area (Å²) >= 11 is 0. The van der Waals surface area contributed by atoms with Crippen LogP contribution < -0.4 is 0 Å². The number of carbonyl (C=O) groups is 2. The van der Waals surface area contributed by atoms with Gasteiger partial charge in [-0.3, -0.25) is 4.79 Å². The summed E-state index contributed by atoms with van der Waals surface area (Å²) in [4.78, 5) is 18.7. The van der Waals surface area contributed by atoms with Crippen molar-refractivity contribution in [2.75, 3.05) is 6.61 Å². The van der Waals surface area contributed by atoms with Gasteiger partial charge in [-0.2, -0.15) is 0 Å². The molecule has 0 fully saturated rings. The van der Waals surface area contributed by atoms with Crippen molar-refractivity contribution < 1.29 is 24.9 Å². The van der Waals surface area contributed by atoms with E-state index in [4.69, 9.17) is 15.3 Å². The van der Waals surface area contributed by atoms with Crippen LogP contribution in [0.2, 0.25) is 0 Å². The van der Waals surface area contributed by atoms with Crippen molar-refractivity contribution in [3.63, 3.8) is 0 Å². The summed E-state index contributed by atoms with van der Waals surface area (Å²) in [7, 11) is 0. The van der Waals surface area contributed by atoms with Gasteiger partial charge in [-0.15, -0.1) is 0 Å². The highest BCUT2D eigenvalue weighted by Crippen LogP contribution is 1.70. The maximum atomic E-state index is 9.44. The molecule has 0 spiro atoms. The molecular formula is C6H10O5. The van der Waals surface area contributed by atoms with E-state index < -0.39 is 11.9 Å². The minimum atomic E-state index is -0.981. The van der Waals surface area contributed by atoms with Crippen LogP contribution in [-0.2, 0) is 9.59 Å². The van der Waals surface area contributed by atoms with Crippen molar-refractivity contribution in [1.29, 1.82) is 0 Å². The molecule has 0 aromatic rings. The van der Waals surface area contributed by atoms with Gasteiger partial charge in [-0.05, 0) is 0 Å². The Balaban J connectivity index is 0. The number of rotatable bonds is 3. The first kappa shape index (κ1) is 12.3. The van der Waals surface area contributed by atoms with E-state index in [2.05, 4.69) is 6.58 Å². The Labute approximate surface area is 63.6 Å². The standard InChI is InChI=1S/C3H6O3.C3H4O2/c4-2-1-3(5)6;1-2-3(4)5/h4H,1-2H2,(H,5,6);2H,1H2,(H,4,5). The van der Waals surface area contributed by atoms with Crippen LogP contribution in [0.3, 0.4) is 0 Å². The molecule has 0 atom stereocenters. The van der Waals surface area contributed by atoms with E-state index in [0.29, 0.717) is 0 Å². The topological polar surface area (TPSA) is 94.8 Å². The molecule has 0 bridgehead atoms. The average molecular weight is 162 g/mol. The molecule has 0 aliphatic rings. The van der Waals surface area contributed by atoms with Gasteiger partial charge in [0.25, 0.3) is 0 Å². The maximum absolute atomic E-state index is 9.44. The molecule has 5 nitrogen and oxygen atoms in total. The first-order valence-corrected chi connectivity index (χ1v) is 2.72. The number of aliphatic hydroxyl groups is 1. The van der Waals surface area contributed by atoms with E-state index in [1.165, 1.54) is 0 Å². The SMILES string of the molecule is C=CC(=O)O.O=C(O)CCO. The zero-order valence-electron chi connectivity index (χ0n) is 5.86. The number of aliphatic carboxylic acids is 2. The molecule has 11 heavy (non-hydrogen) atoms. The van der Waals surface area contributed by atoms with E-state index in [1.807, 2.05) is 0 Å². The van der Waals surface area contributed by atoms with Crippen molar-refractivity contribution in [2.45, 2.75) is 6.42 Å². The summed E-state index contributed by atoms with van der Waals surface area (Å²) in [5.41, 5.74) is 0. The lowest BCUT2D eigenvalue weighted by molar-refractivity contribution is -0.137. The molecule has 0 saturated heterocycles. The van der Waals surface area contributed by atoms with Crippen LogP contribution in [0.15, 0.2) is 12.7 Å². The third kappa shape index (κ3) is 28.8. The number of hydrogen-bond acceptors (Lipinski definition) is 3. The van der Waals surface area contributed by atoms with Crippen LogP contribution in [-0.4, -0.2) is 33.9 Å². The molecule has 0 unspecified atom stereocenters. The molecule has 5 heteroatoms. The van der Waals surface area contributed by atoms with Gasteiger partial charge in [0.05, 0.1) is 13.0 Å². The summed E-state index contributed by atoms with van der Waals surface area (Å²) in [6, 6.07) is 0. The Bertz CT molecular complexity index is 140. The predicted molar refractivity (Wildman–Crippen MR) is 37.2 cm³/mol. The first-order valence-electron chi connectivity index (χ1n) is 2.72. The lowest BCUT2D eigenvalue weighted by Gasteiger charge is -1.79. The Morgan fingerprint density at radius 1 is 1.36 bits per heavy atom. The largest absolute Gasteiger partial charge is 0.481 e. The maximum Gasteiger partial charge on any atom is 0.327 e. The summed E-state index contributed by atoms with van der Waals surface area (Å²) in [6.45, 7) is 2.69. The smallest absolute Gasteiger partial charge is 0.327 e. The fraction of sp³-hybridized carbons (Fsp3) is 0.333. The summed E-state index contributed by atoms with van der Waals surface area (Å²) in [5.74, 6) is -1.94. The van der Waals surface area contributed by atoms with Crippen LogP contribution >= 0.6 is 0 Å². The summed E-state index contributed by atoms with van der Waals surface area (Å²) in [6.07, 6.45) is 0.681. The molecule has 3 N–H and O–H groups in total. The molecule has 0 aliphatic carbocycles. The molecule has 0 amide bonds. The second-order valence-corrected chi connectivity index (χ2v) is 1.41. The molecule has 64 valence electrons. The van der Waals surface area contributed by atoms with Crippen molar-refractivity contribution in [3.05, 3.63) is 12.7 Å². The quantitative estimate of drug-likeness (QED) is 0.495. The third-order valence-electron chi connectivity index (χ3n) is 0.500. The summed E-state index contributed by atoms with van der Waals surface area (Å²) in [5, 5.41) is 23.2. The van der Waals surface area contributed by atoms with Crippen molar-refractivity contribution >= 4 is 11.9 Å². The second-order valence-electron chi connectivity index (χ2n) is 1.41. The number of carboxylic acids is 2. The van der Waals surface area contributed by atoms with E-state index in [9.17, 15) is 9.59 Å². The fourth-order valence-corrected chi connectivity index (χ4v) is 0.0956. The van der Waals surface area contributed by atoms with Gasteiger partial charge in [0.2, 0.25) is 0 Å². The van der Waals surface area contributed by atoms with Crippen molar-refractivity contribution in [3.8, 4) is 0 Å². The van der Waals surface area contributed by atoms with E-state index in [1.54, 1.807) is 0 Å². The molecular weight excluding hydrogens is 152 g/mol. The van der Waals surface area contributed by atoms with E-state index in [0.717, 1.165) is 6.08 Å². The van der Waals surface area contributed by atoms with Gasteiger partial charge in [0.1, 0.15) is 0 Å². The molecule has 0 aromatic carbocycles. The zero-order valence-corrected chi connectivity index (χ0v) is 5.86. The molecule has 0 aromatic heterocycles. The number of aliphatic hydroxyl groups excluding tert-OH is 1. The van der Waals surface area contributed by atoms with Gasteiger partial charge in [-0.1, -0.05) is 6.58 Å². The van der Waals surface area contributed by atoms with E-state index in [-0.39, 0.29) is 13.0 Å². The highest BCUT2D eigenvalue weighted by atomic mass is 16.4. The first-order chi connectivity index (χ1) is 5.04. The Morgan fingerprint density at radius 3 is 1.73 bits per heavy atom. The number of carboxylic acid groups (broad SMARTS) is 2. The van der Waals surface area contributed by atoms with Crippen LogP contribution in [0.25, 0.3) is 0 Å². The van der Waals surface area contributed by atoms with Crippen LogP contribution in [0.1, 0.15) is 6.42 Å². The zero-order chi connectivity index (χ0) is 9.28. The van der Waals surface area contributed by atoms with Crippen LogP contribution in [0, 0.1) is 0 Å². The average Bonchev–Trinajstić information content (AvgIpc) is 1.89. The van der Waals surface area contributed by atoms with Gasteiger partial charge in [0, 0.05) is 6.08 Å². The molecule has 0 saturated carbocycles. The second kappa shape index (κ2) is 8.64. The van der Waals surface area contributed by atoms with Gasteiger partial charge < -0.3 is 15.3 Å². The summed E-state index contributed by atoms with van der Waals surface area (Å²) < 4.78 is 0. The Hall–Kier alpha value is -1.36. The van der Waals surface area contributed by atoms with E-state index >= 15 is 0 Å². The van der Waals surface area contributed by atoms with Crippen LogP contribution in [0.5, 0.6) is 0 Å². The predicted octanol–water partition coefficient (Wildman–Crippen LogP) is -0.290. The minimum absolute atomic E-state index is 0.153. The lowest BCUT2D eigenvalue weighted by atomic mass is 10.5. The Morgan fingerprint density at radius 2 is 1.73 bits per heavy atom. The molecule has 0 rings (SSSR count). The molecule has 0 heterocycles. The minimum Gasteiger partial charge on any atom is -0.481 e. The fourth-order valence-electron chi connectivity index (χ4n) is 0.0956. The Kier molecular flexibility index (Phi) is 9.68. The van der Waals surface area contributed by atoms with Gasteiger partial charge in [0.15, 0.2) is 0 Å². The van der Waals surface area contributed by atoms with Gasteiger partial charge >= 0.3 is 11.9 Å². The highest BCUT2D eigenvalue weighted by Gasteiger charge is 1.88. The lowest BCUT2D eigenvalue weighted by Crippen LogP contribution is -1.96. The highest BCUT2D eigenvalue weighted by molar-refractivity contribution is 5.78. The van der Waals surface area contributed by atoms with Crippen molar-refractivity contribution in [1.82, 2.24) is 0 Å². The monoisotopic (exact) mass is 162 g/mol. The van der Waals surface area contributed by atoms with Crippen molar-refractivity contribution in [2.24, 2.45) is 0 Å².